The average molecular weight is 223 g/mol. The minimum absolute atomic E-state index is 0.194. The molecule has 1 N–H and O–H groups in total. The summed E-state index contributed by atoms with van der Waals surface area (Å²) in [7, 11) is 1.73. The Hall–Kier alpha value is -1.16. The van der Waals surface area contributed by atoms with E-state index in [0.717, 1.165) is 31.1 Å². The molecule has 4 heteroatoms. The van der Waals surface area contributed by atoms with Crippen LogP contribution in [0.15, 0.2) is 12.4 Å². The van der Waals surface area contributed by atoms with Gasteiger partial charge in [-0.1, -0.05) is 13.8 Å². The molecule has 0 atom stereocenters. The number of aryl methyl sites for hydroxylation is 1. The van der Waals surface area contributed by atoms with Crippen LogP contribution in [0.2, 0.25) is 0 Å². The number of hydrogen-bond donors (Lipinski definition) is 1. The third-order valence-electron chi connectivity index (χ3n) is 2.60. The molecule has 0 fully saturated rings. The van der Waals surface area contributed by atoms with Gasteiger partial charge in [0, 0.05) is 32.7 Å². The molecular formula is C12H21N3O. The second-order valence-electron chi connectivity index (χ2n) is 4.75. The van der Waals surface area contributed by atoms with Gasteiger partial charge < -0.3 is 10.1 Å². The molecule has 0 aliphatic rings. The summed E-state index contributed by atoms with van der Waals surface area (Å²) in [6.07, 6.45) is 4.43. The van der Waals surface area contributed by atoms with Crippen molar-refractivity contribution in [1.29, 1.82) is 0 Å². The van der Waals surface area contributed by atoms with Crippen LogP contribution in [0, 0.1) is 12.3 Å². The Balaban J connectivity index is 2.47. The van der Waals surface area contributed by atoms with Crippen molar-refractivity contribution in [2.45, 2.75) is 27.2 Å². The topological polar surface area (TPSA) is 47.0 Å². The second-order valence-corrected chi connectivity index (χ2v) is 4.75. The summed E-state index contributed by atoms with van der Waals surface area (Å²) in [6.45, 7) is 8.04. The van der Waals surface area contributed by atoms with E-state index < -0.39 is 0 Å². The summed E-state index contributed by atoms with van der Waals surface area (Å²) in [6, 6.07) is 0. The highest BCUT2D eigenvalue weighted by molar-refractivity contribution is 5.38. The van der Waals surface area contributed by atoms with Crippen LogP contribution >= 0.6 is 0 Å². The van der Waals surface area contributed by atoms with Crippen LogP contribution in [-0.4, -0.2) is 30.2 Å². The molecule has 0 saturated heterocycles. The number of aromatic nitrogens is 2. The molecule has 0 saturated carbocycles. The average Bonchev–Trinajstić information content (AvgIpc) is 2.26. The Bertz CT molecular complexity index is 326. The lowest BCUT2D eigenvalue weighted by Gasteiger charge is -2.25. The van der Waals surface area contributed by atoms with Crippen LogP contribution in [0.1, 0.15) is 26.0 Å². The first kappa shape index (κ1) is 12.9. The van der Waals surface area contributed by atoms with E-state index >= 15 is 0 Å². The van der Waals surface area contributed by atoms with Crippen LogP contribution in [0.4, 0.5) is 5.82 Å². The maximum atomic E-state index is 5.10. The molecule has 0 aliphatic heterocycles. The molecule has 0 amide bonds. The van der Waals surface area contributed by atoms with Crippen molar-refractivity contribution in [1.82, 2.24) is 9.97 Å². The van der Waals surface area contributed by atoms with Gasteiger partial charge in [0.05, 0.1) is 5.69 Å². The number of rotatable bonds is 6. The highest BCUT2D eigenvalue weighted by Crippen LogP contribution is 2.21. The van der Waals surface area contributed by atoms with E-state index in [4.69, 9.17) is 4.74 Å². The Labute approximate surface area is 97.5 Å². The zero-order valence-corrected chi connectivity index (χ0v) is 10.6. The van der Waals surface area contributed by atoms with Gasteiger partial charge in [0.1, 0.15) is 5.82 Å². The molecule has 0 unspecified atom stereocenters. The molecule has 0 radical (unpaired) electrons. The van der Waals surface area contributed by atoms with Crippen molar-refractivity contribution in [3.05, 3.63) is 18.1 Å². The van der Waals surface area contributed by atoms with Gasteiger partial charge in [-0.15, -0.1) is 0 Å². The number of ether oxygens (including phenoxy) is 1. The number of hydrogen-bond acceptors (Lipinski definition) is 4. The molecule has 1 rings (SSSR count). The van der Waals surface area contributed by atoms with Crippen LogP contribution in [0.25, 0.3) is 0 Å². The van der Waals surface area contributed by atoms with Gasteiger partial charge in [-0.25, -0.2) is 4.98 Å². The molecule has 0 aromatic carbocycles. The number of nitrogens with one attached hydrogen (secondary N) is 1. The van der Waals surface area contributed by atoms with Gasteiger partial charge in [-0.2, -0.15) is 0 Å². The van der Waals surface area contributed by atoms with Crippen molar-refractivity contribution in [3.63, 3.8) is 0 Å². The van der Waals surface area contributed by atoms with Crippen LogP contribution in [0.3, 0.4) is 0 Å². The van der Waals surface area contributed by atoms with E-state index in [9.17, 15) is 0 Å². The van der Waals surface area contributed by atoms with E-state index in [1.165, 1.54) is 0 Å². The fourth-order valence-corrected chi connectivity index (χ4v) is 1.37. The van der Waals surface area contributed by atoms with Gasteiger partial charge in [-0.3, -0.25) is 4.98 Å². The fourth-order valence-electron chi connectivity index (χ4n) is 1.37. The first-order valence-corrected chi connectivity index (χ1v) is 5.55. The van der Waals surface area contributed by atoms with Gasteiger partial charge in [0.15, 0.2) is 0 Å². The second kappa shape index (κ2) is 5.80. The van der Waals surface area contributed by atoms with Gasteiger partial charge in [-0.05, 0) is 18.8 Å². The van der Waals surface area contributed by atoms with Crippen molar-refractivity contribution >= 4 is 5.82 Å². The van der Waals surface area contributed by atoms with Crippen molar-refractivity contribution in [2.24, 2.45) is 5.41 Å². The number of methoxy groups -OCH3 is 1. The first-order valence-electron chi connectivity index (χ1n) is 5.55. The van der Waals surface area contributed by atoms with E-state index in [1.54, 1.807) is 19.5 Å². The molecule has 0 aliphatic carbocycles. The summed E-state index contributed by atoms with van der Waals surface area (Å²) < 4.78 is 5.10. The predicted octanol–water partition coefficient (Wildman–Crippen LogP) is 2.26. The monoisotopic (exact) mass is 223 g/mol. The summed E-state index contributed by atoms with van der Waals surface area (Å²) in [5.74, 6) is 0.869. The van der Waals surface area contributed by atoms with Gasteiger partial charge >= 0.3 is 0 Å². The van der Waals surface area contributed by atoms with Gasteiger partial charge in [0.2, 0.25) is 0 Å². The lowest BCUT2D eigenvalue weighted by atomic mass is 9.90. The van der Waals surface area contributed by atoms with E-state index in [1.807, 2.05) is 6.92 Å². The minimum atomic E-state index is 0.194. The molecule has 90 valence electrons. The zero-order valence-electron chi connectivity index (χ0n) is 10.6. The lowest BCUT2D eigenvalue weighted by Crippen LogP contribution is -2.25. The Kier molecular flexibility index (Phi) is 4.68. The predicted molar refractivity (Wildman–Crippen MR) is 65.5 cm³/mol. The smallest absolute Gasteiger partial charge is 0.147 e. The molecule has 1 heterocycles. The minimum Gasteiger partial charge on any atom is -0.385 e. The van der Waals surface area contributed by atoms with Crippen LogP contribution in [0.5, 0.6) is 0 Å². The third kappa shape index (κ3) is 4.14. The normalized spacial score (nSPS) is 11.5. The van der Waals surface area contributed by atoms with Gasteiger partial charge in [0.25, 0.3) is 0 Å². The van der Waals surface area contributed by atoms with Crippen molar-refractivity contribution < 1.29 is 4.74 Å². The molecule has 16 heavy (non-hydrogen) atoms. The lowest BCUT2D eigenvalue weighted by molar-refractivity contribution is 0.157. The Morgan fingerprint density at radius 3 is 2.62 bits per heavy atom. The maximum Gasteiger partial charge on any atom is 0.147 e. The zero-order chi connectivity index (χ0) is 12.0. The highest BCUT2D eigenvalue weighted by atomic mass is 16.5. The van der Waals surface area contributed by atoms with E-state index in [0.29, 0.717) is 0 Å². The van der Waals surface area contributed by atoms with Crippen molar-refractivity contribution in [3.8, 4) is 0 Å². The standard InChI is InChI=1S/C12H21N3O/c1-10-11(14-7-6-13-10)15-9-12(2,3)5-8-16-4/h6-7H,5,8-9H2,1-4H3,(H,14,15). The summed E-state index contributed by atoms with van der Waals surface area (Å²) in [5.41, 5.74) is 1.13. The van der Waals surface area contributed by atoms with E-state index in [2.05, 4.69) is 29.1 Å². The summed E-state index contributed by atoms with van der Waals surface area (Å²) in [4.78, 5) is 8.45. The number of anilines is 1. The third-order valence-corrected chi connectivity index (χ3v) is 2.60. The quantitative estimate of drug-likeness (QED) is 0.803. The van der Waals surface area contributed by atoms with Crippen LogP contribution in [-0.2, 0) is 4.74 Å². The maximum absolute atomic E-state index is 5.10. The largest absolute Gasteiger partial charge is 0.385 e. The van der Waals surface area contributed by atoms with Crippen molar-refractivity contribution in [2.75, 3.05) is 25.6 Å². The number of nitrogens with zero attached hydrogens (tertiary/aromatic N) is 2. The molecule has 4 nitrogen and oxygen atoms in total. The molecule has 1 aromatic heterocycles. The molecule has 0 bridgehead atoms. The Morgan fingerprint density at radius 2 is 2.00 bits per heavy atom. The van der Waals surface area contributed by atoms with E-state index in [-0.39, 0.29) is 5.41 Å². The van der Waals surface area contributed by atoms with Crippen LogP contribution < -0.4 is 5.32 Å². The summed E-state index contributed by atoms with van der Waals surface area (Å²) in [5, 5.41) is 3.33. The fraction of sp³-hybridized carbons (Fsp3) is 0.667. The molecular weight excluding hydrogens is 202 g/mol. The first-order chi connectivity index (χ1) is 7.55. The molecule has 0 spiro atoms. The SMILES string of the molecule is COCCC(C)(C)CNc1nccnc1C. The highest BCUT2D eigenvalue weighted by Gasteiger charge is 2.17. The Morgan fingerprint density at radius 1 is 1.31 bits per heavy atom. The summed E-state index contributed by atoms with van der Waals surface area (Å²) >= 11 is 0. The molecule has 1 aromatic rings.